The zero-order chi connectivity index (χ0) is 28.5. The monoisotopic (exact) mass is 633 g/mol. The van der Waals surface area contributed by atoms with E-state index in [1.54, 1.807) is 18.0 Å². The van der Waals surface area contributed by atoms with Crippen molar-refractivity contribution in [2.45, 2.75) is 69.4 Å². The summed E-state index contributed by atoms with van der Waals surface area (Å²) in [6, 6.07) is 3.25. The van der Waals surface area contributed by atoms with E-state index in [4.69, 9.17) is 4.74 Å². The Morgan fingerprint density at radius 1 is 1.20 bits per heavy atom. The fourth-order valence-corrected chi connectivity index (χ4v) is 6.95. The van der Waals surface area contributed by atoms with Crippen LogP contribution in [0.25, 0.3) is 10.9 Å². The first kappa shape index (κ1) is 26.9. The van der Waals surface area contributed by atoms with Crippen LogP contribution in [0.15, 0.2) is 16.6 Å². The van der Waals surface area contributed by atoms with E-state index in [9.17, 15) is 13.6 Å². The summed E-state index contributed by atoms with van der Waals surface area (Å²) < 4.78 is 52.1. The minimum Gasteiger partial charge on any atom is -0.461 e. The molecule has 3 aliphatic heterocycles. The number of rotatable bonds is 6. The van der Waals surface area contributed by atoms with Crippen LogP contribution in [0.3, 0.4) is 0 Å². The zero-order valence-electron chi connectivity index (χ0n) is 22.8. The molecule has 0 N–H and O–H groups in total. The van der Waals surface area contributed by atoms with Crippen LogP contribution in [-0.2, 0) is 13.1 Å². The third-order valence-corrected chi connectivity index (χ3v) is 9.69. The maximum Gasteiger partial charge on any atom is 0.319 e. The number of ether oxygens (including phenoxy) is 1. The normalized spacial score (nSPS) is 24.4. The van der Waals surface area contributed by atoms with Gasteiger partial charge in [-0.2, -0.15) is 15.1 Å². The van der Waals surface area contributed by atoms with Gasteiger partial charge in [0.15, 0.2) is 11.5 Å². The first-order valence-corrected chi connectivity index (χ1v) is 15.0. The fourth-order valence-electron chi connectivity index (χ4n) is 6.65. The van der Waals surface area contributed by atoms with Gasteiger partial charge in [0, 0.05) is 44.5 Å². The molecule has 5 heterocycles. The Labute approximate surface area is 243 Å². The maximum atomic E-state index is 15.4. The van der Waals surface area contributed by atoms with Crippen LogP contribution in [0.1, 0.15) is 54.7 Å². The molecule has 1 amide bonds. The van der Waals surface area contributed by atoms with Gasteiger partial charge in [0.05, 0.1) is 22.3 Å². The number of hydrogen-bond donors (Lipinski definition) is 0. The number of hydrogen-bond acceptors (Lipinski definition) is 7. The van der Waals surface area contributed by atoms with E-state index >= 15 is 4.39 Å². The Bertz CT molecular complexity index is 1530. The van der Waals surface area contributed by atoms with Gasteiger partial charge in [-0.25, -0.2) is 13.2 Å². The van der Waals surface area contributed by atoms with Crippen LogP contribution in [0.2, 0.25) is 0 Å². The van der Waals surface area contributed by atoms with Gasteiger partial charge in [-0.15, -0.1) is 0 Å². The summed E-state index contributed by atoms with van der Waals surface area (Å²) in [7, 11) is 1.80. The summed E-state index contributed by atoms with van der Waals surface area (Å²) in [5.41, 5.74) is 0.708. The van der Waals surface area contributed by atoms with Crippen molar-refractivity contribution in [2.24, 2.45) is 0 Å². The van der Waals surface area contributed by atoms with Crippen molar-refractivity contribution >= 4 is 38.6 Å². The predicted molar refractivity (Wildman–Crippen MR) is 149 cm³/mol. The number of alkyl halides is 1. The number of anilines is 1. The van der Waals surface area contributed by atoms with Gasteiger partial charge in [-0.1, -0.05) is 0 Å². The quantitative estimate of drug-likeness (QED) is 0.371. The highest BCUT2D eigenvalue weighted by Crippen LogP contribution is 2.41. The number of carbonyl (C=O) groups excluding carboxylic acids is 1. The number of halogens is 4. The molecule has 2 aromatic heterocycles. The van der Waals surface area contributed by atoms with Crippen molar-refractivity contribution in [2.75, 3.05) is 38.2 Å². The lowest BCUT2D eigenvalue weighted by Crippen LogP contribution is -2.43. The fraction of sp³-hybridized carbons (Fsp3) is 0.571. The summed E-state index contributed by atoms with van der Waals surface area (Å²) in [4.78, 5) is 27.8. The molecular weight excluding hydrogens is 603 g/mol. The molecule has 7 rings (SSSR count). The number of carbonyl (C=O) groups is 1. The topological polar surface area (TPSA) is 79.6 Å². The van der Waals surface area contributed by atoms with Crippen LogP contribution >= 0.6 is 15.9 Å². The molecule has 2 saturated heterocycles. The van der Waals surface area contributed by atoms with Crippen LogP contribution in [0.4, 0.5) is 19.0 Å². The lowest BCUT2D eigenvalue weighted by molar-refractivity contribution is 0.0778. The Hall–Kier alpha value is -2.93. The SMILES string of the molecule is CN(C(=O)c1cc2n(n1)CCCN(c1nc(OC[C@@]34CCCN3C[C@H](F)C4)nc3c(F)c(Br)c(F)cc13)C2)C1CC1. The molecule has 3 fully saturated rings. The van der Waals surface area contributed by atoms with Crippen molar-refractivity contribution in [1.29, 1.82) is 0 Å². The van der Waals surface area contributed by atoms with Gasteiger partial charge in [0.1, 0.15) is 29.9 Å². The third-order valence-electron chi connectivity index (χ3n) is 8.96. The lowest BCUT2D eigenvalue weighted by Gasteiger charge is -2.31. The van der Waals surface area contributed by atoms with Crippen molar-refractivity contribution in [1.82, 2.24) is 29.5 Å². The molecule has 1 saturated carbocycles. The molecule has 0 unspecified atom stereocenters. The van der Waals surface area contributed by atoms with E-state index in [1.165, 1.54) is 6.07 Å². The number of aryl methyl sites for hydroxylation is 1. The average Bonchev–Trinajstić information content (AvgIpc) is 3.58. The van der Waals surface area contributed by atoms with Crippen molar-refractivity contribution in [3.05, 3.63) is 39.6 Å². The van der Waals surface area contributed by atoms with Gasteiger partial charge in [0.25, 0.3) is 5.91 Å². The number of fused-ring (bicyclic) bond motifs is 3. The second-order valence-corrected chi connectivity index (χ2v) is 12.5. The predicted octanol–water partition coefficient (Wildman–Crippen LogP) is 4.47. The number of nitrogens with zero attached hydrogens (tertiary/aromatic N) is 7. The van der Waals surface area contributed by atoms with E-state index in [0.717, 1.165) is 37.9 Å². The van der Waals surface area contributed by atoms with Crippen LogP contribution in [0.5, 0.6) is 6.01 Å². The molecule has 0 bridgehead atoms. The van der Waals surface area contributed by atoms with E-state index in [-0.39, 0.29) is 39.9 Å². The minimum absolute atomic E-state index is 0.0341. The largest absolute Gasteiger partial charge is 0.461 e. The van der Waals surface area contributed by atoms with Crippen LogP contribution in [-0.4, -0.2) is 86.5 Å². The molecule has 1 aliphatic carbocycles. The number of benzene rings is 1. The average molecular weight is 635 g/mol. The molecule has 4 aliphatic rings. The summed E-state index contributed by atoms with van der Waals surface area (Å²) >= 11 is 3.00. The highest BCUT2D eigenvalue weighted by atomic mass is 79.9. The second kappa shape index (κ2) is 10.1. The Morgan fingerprint density at radius 3 is 2.83 bits per heavy atom. The summed E-state index contributed by atoms with van der Waals surface area (Å²) in [6.07, 6.45) is 3.93. The molecule has 9 nitrogen and oxygen atoms in total. The molecule has 13 heteroatoms. The third kappa shape index (κ3) is 4.74. The van der Waals surface area contributed by atoms with Gasteiger partial charge < -0.3 is 14.5 Å². The smallest absolute Gasteiger partial charge is 0.319 e. The molecule has 218 valence electrons. The highest BCUT2D eigenvalue weighted by Gasteiger charge is 2.49. The Kier molecular flexibility index (Phi) is 6.64. The highest BCUT2D eigenvalue weighted by molar-refractivity contribution is 9.10. The van der Waals surface area contributed by atoms with Crippen molar-refractivity contribution in [3.63, 3.8) is 0 Å². The van der Waals surface area contributed by atoms with E-state index in [0.29, 0.717) is 50.5 Å². The summed E-state index contributed by atoms with van der Waals surface area (Å²) in [5, 5.41) is 4.80. The first-order valence-electron chi connectivity index (χ1n) is 14.2. The van der Waals surface area contributed by atoms with Gasteiger partial charge in [-0.3, -0.25) is 14.4 Å². The standard InChI is InChI=1S/C28H31BrF3N7O2/c1-36(17-4-5-17)26(40)21-10-18-14-37(7-3-9-39(18)35-21)25-19-11-20(31)22(29)23(32)24(19)33-27(34-25)41-15-28-6-2-8-38(28)13-16(30)12-28/h10-11,16-17H,2-9,12-15H2,1H3/t16-,28+/m1/s1. The van der Waals surface area contributed by atoms with Gasteiger partial charge >= 0.3 is 6.01 Å². The second-order valence-electron chi connectivity index (χ2n) is 11.7. The molecule has 2 atom stereocenters. The molecule has 0 radical (unpaired) electrons. The Morgan fingerprint density at radius 2 is 2.02 bits per heavy atom. The van der Waals surface area contributed by atoms with E-state index < -0.39 is 23.3 Å². The molecular formula is C28H31BrF3N7O2. The minimum atomic E-state index is -0.911. The lowest BCUT2D eigenvalue weighted by atomic mass is 9.95. The van der Waals surface area contributed by atoms with Crippen molar-refractivity contribution in [3.8, 4) is 6.01 Å². The maximum absolute atomic E-state index is 15.4. The van der Waals surface area contributed by atoms with Crippen molar-refractivity contribution < 1.29 is 22.7 Å². The summed E-state index contributed by atoms with van der Waals surface area (Å²) in [5.74, 6) is -1.37. The number of aromatic nitrogens is 4. The van der Waals surface area contributed by atoms with E-state index in [2.05, 4.69) is 35.9 Å². The van der Waals surface area contributed by atoms with Crippen LogP contribution < -0.4 is 9.64 Å². The molecule has 1 aromatic carbocycles. The zero-order valence-corrected chi connectivity index (χ0v) is 24.3. The molecule has 3 aromatic rings. The Balaban J connectivity index is 1.23. The molecule has 0 spiro atoms. The van der Waals surface area contributed by atoms with E-state index in [1.807, 2.05) is 9.58 Å². The van der Waals surface area contributed by atoms with Gasteiger partial charge in [-0.05, 0) is 66.7 Å². The van der Waals surface area contributed by atoms with Gasteiger partial charge in [0.2, 0.25) is 0 Å². The van der Waals surface area contributed by atoms with Crippen LogP contribution in [0, 0.1) is 11.6 Å². The first-order chi connectivity index (χ1) is 19.7. The number of amides is 1. The summed E-state index contributed by atoms with van der Waals surface area (Å²) in [6.45, 7) is 2.86. The molecule has 41 heavy (non-hydrogen) atoms.